The second-order valence-electron chi connectivity index (χ2n) is 6.36. The molecule has 2 fully saturated rings. The van der Waals surface area contributed by atoms with Crippen LogP contribution in [0.15, 0.2) is 12.2 Å². The minimum absolute atomic E-state index is 0.00285. The van der Waals surface area contributed by atoms with E-state index in [-0.39, 0.29) is 5.60 Å². The molecule has 0 aromatic rings. The molecule has 2 rings (SSSR count). The van der Waals surface area contributed by atoms with Gasteiger partial charge in [0.05, 0.1) is 23.9 Å². The minimum atomic E-state index is -0.00285. The Morgan fingerprint density at radius 1 is 1.44 bits per heavy atom. The normalized spacial score (nSPS) is 41.4. The van der Waals surface area contributed by atoms with Crippen LogP contribution in [0.5, 0.6) is 0 Å². The van der Waals surface area contributed by atoms with E-state index in [1.54, 1.807) is 0 Å². The van der Waals surface area contributed by atoms with Gasteiger partial charge in [0.2, 0.25) is 0 Å². The van der Waals surface area contributed by atoms with Crippen molar-refractivity contribution in [2.75, 3.05) is 0 Å². The third-order valence-electron chi connectivity index (χ3n) is 4.82. The van der Waals surface area contributed by atoms with Gasteiger partial charge in [0.1, 0.15) is 0 Å². The van der Waals surface area contributed by atoms with E-state index in [0.29, 0.717) is 24.2 Å². The van der Waals surface area contributed by atoms with E-state index in [0.717, 1.165) is 32.1 Å². The van der Waals surface area contributed by atoms with E-state index < -0.39 is 0 Å². The first-order valence-electron chi connectivity index (χ1n) is 7.45. The van der Waals surface area contributed by atoms with Crippen molar-refractivity contribution in [2.45, 2.75) is 83.7 Å². The first kappa shape index (κ1) is 14.1. The van der Waals surface area contributed by atoms with Crippen molar-refractivity contribution in [1.82, 2.24) is 0 Å². The van der Waals surface area contributed by atoms with Crippen molar-refractivity contribution in [3.05, 3.63) is 12.2 Å². The number of hydrogen-bond acceptors (Lipinski definition) is 2. The Labute approximate surface area is 112 Å². The Bertz CT molecular complexity index is 312. The zero-order valence-corrected chi connectivity index (χ0v) is 12.4. The van der Waals surface area contributed by atoms with E-state index in [9.17, 15) is 0 Å². The van der Waals surface area contributed by atoms with Gasteiger partial charge in [0.15, 0.2) is 0 Å². The summed E-state index contributed by atoms with van der Waals surface area (Å²) < 4.78 is 12.5. The molecule has 0 radical (unpaired) electrons. The quantitative estimate of drug-likeness (QED) is 0.701. The molecule has 0 saturated carbocycles. The highest BCUT2D eigenvalue weighted by Crippen LogP contribution is 2.44. The van der Waals surface area contributed by atoms with E-state index in [1.165, 1.54) is 5.57 Å². The highest BCUT2D eigenvalue weighted by Gasteiger charge is 2.50. The molecule has 2 saturated heterocycles. The van der Waals surface area contributed by atoms with Gasteiger partial charge in [0, 0.05) is 6.42 Å². The fourth-order valence-corrected chi connectivity index (χ4v) is 3.47. The second-order valence-corrected chi connectivity index (χ2v) is 6.36. The monoisotopic (exact) mass is 252 g/mol. The van der Waals surface area contributed by atoms with Crippen LogP contribution < -0.4 is 0 Å². The summed E-state index contributed by atoms with van der Waals surface area (Å²) in [4.78, 5) is 0. The molecular formula is C16H28O2. The topological polar surface area (TPSA) is 18.5 Å². The summed E-state index contributed by atoms with van der Waals surface area (Å²) in [6.45, 7) is 12.8. The minimum Gasteiger partial charge on any atom is -0.372 e. The number of rotatable bonds is 4. The van der Waals surface area contributed by atoms with Gasteiger partial charge in [0.25, 0.3) is 0 Å². The molecule has 0 aliphatic carbocycles. The molecule has 2 aliphatic rings. The van der Waals surface area contributed by atoms with Crippen LogP contribution in [0.3, 0.4) is 0 Å². The lowest BCUT2D eigenvalue weighted by Crippen LogP contribution is -2.48. The molecule has 2 aliphatic heterocycles. The van der Waals surface area contributed by atoms with Crippen LogP contribution in [-0.2, 0) is 9.47 Å². The zero-order valence-electron chi connectivity index (χ0n) is 12.4. The van der Waals surface area contributed by atoms with Crippen molar-refractivity contribution in [3.8, 4) is 0 Å². The lowest BCUT2D eigenvalue weighted by molar-refractivity contribution is -0.170. The van der Waals surface area contributed by atoms with Crippen LogP contribution in [0.1, 0.15) is 59.8 Å². The van der Waals surface area contributed by atoms with Gasteiger partial charge < -0.3 is 9.47 Å². The highest BCUT2D eigenvalue weighted by atomic mass is 16.6. The molecule has 0 spiro atoms. The lowest BCUT2D eigenvalue weighted by atomic mass is 9.83. The van der Waals surface area contributed by atoms with Crippen LogP contribution in [0, 0.1) is 5.92 Å². The standard InChI is InChI=1S/C16H28O2/c1-6-16-10-13(5)17-15(16)8-7-14(18-16)9-12(4)11(2)3/h12-15H,2,6-10H2,1,3-5H3/t12-,13+,14-,15+,16+/m1/s1. The first-order chi connectivity index (χ1) is 8.47. The second kappa shape index (κ2) is 5.34. The van der Waals surface area contributed by atoms with Crippen molar-refractivity contribution < 1.29 is 9.47 Å². The van der Waals surface area contributed by atoms with Crippen molar-refractivity contribution in [1.29, 1.82) is 0 Å². The Morgan fingerprint density at radius 3 is 2.78 bits per heavy atom. The number of ether oxygens (including phenoxy) is 2. The van der Waals surface area contributed by atoms with E-state index in [2.05, 4.69) is 34.3 Å². The number of hydrogen-bond donors (Lipinski definition) is 0. The number of fused-ring (bicyclic) bond motifs is 1. The van der Waals surface area contributed by atoms with Gasteiger partial charge in [-0.25, -0.2) is 0 Å². The maximum Gasteiger partial charge on any atom is 0.0968 e. The third-order valence-corrected chi connectivity index (χ3v) is 4.82. The first-order valence-corrected chi connectivity index (χ1v) is 7.45. The molecule has 0 aromatic carbocycles. The van der Waals surface area contributed by atoms with E-state index in [4.69, 9.17) is 9.47 Å². The molecule has 2 heterocycles. The number of allylic oxidation sites excluding steroid dienone is 1. The lowest BCUT2D eigenvalue weighted by Gasteiger charge is -2.42. The maximum atomic E-state index is 6.47. The van der Waals surface area contributed by atoms with Crippen molar-refractivity contribution >= 4 is 0 Å². The predicted molar refractivity (Wildman–Crippen MR) is 74.7 cm³/mol. The Morgan fingerprint density at radius 2 is 2.17 bits per heavy atom. The van der Waals surface area contributed by atoms with Gasteiger partial charge in [-0.1, -0.05) is 26.0 Å². The molecule has 104 valence electrons. The molecule has 0 aromatic heterocycles. The van der Waals surface area contributed by atoms with Crippen molar-refractivity contribution in [2.24, 2.45) is 5.92 Å². The largest absolute Gasteiger partial charge is 0.372 e. The van der Waals surface area contributed by atoms with Gasteiger partial charge in [-0.15, -0.1) is 0 Å². The van der Waals surface area contributed by atoms with Crippen molar-refractivity contribution in [3.63, 3.8) is 0 Å². The van der Waals surface area contributed by atoms with Crippen LogP contribution >= 0.6 is 0 Å². The molecule has 5 atom stereocenters. The summed E-state index contributed by atoms with van der Waals surface area (Å²) in [5, 5.41) is 0. The molecule has 0 amide bonds. The average molecular weight is 252 g/mol. The van der Waals surface area contributed by atoms with E-state index in [1.807, 2.05) is 0 Å². The summed E-state index contributed by atoms with van der Waals surface area (Å²) in [7, 11) is 0. The maximum absolute atomic E-state index is 6.47. The SMILES string of the molecule is C=C(C)[C@H](C)C[C@H]1CC[C@@H]2O[C@@H](C)C[C@]2(CC)O1. The molecule has 2 heteroatoms. The molecule has 0 N–H and O–H groups in total. The third kappa shape index (κ3) is 2.65. The molecule has 0 bridgehead atoms. The summed E-state index contributed by atoms with van der Waals surface area (Å²) in [5.41, 5.74) is 1.26. The van der Waals surface area contributed by atoms with Crippen LogP contribution in [0.4, 0.5) is 0 Å². The van der Waals surface area contributed by atoms with Gasteiger partial charge in [-0.3, -0.25) is 0 Å². The van der Waals surface area contributed by atoms with Crippen LogP contribution in [0.2, 0.25) is 0 Å². The molecule has 18 heavy (non-hydrogen) atoms. The summed E-state index contributed by atoms with van der Waals surface area (Å²) >= 11 is 0. The Hall–Kier alpha value is -0.340. The molecular weight excluding hydrogens is 224 g/mol. The molecule has 0 unspecified atom stereocenters. The fourth-order valence-electron chi connectivity index (χ4n) is 3.47. The van der Waals surface area contributed by atoms with Gasteiger partial charge in [-0.05, 0) is 45.4 Å². The zero-order chi connectivity index (χ0) is 13.3. The van der Waals surface area contributed by atoms with Gasteiger partial charge in [-0.2, -0.15) is 0 Å². The summed E-state index contributed by atoms with van der Waals surface area (Å²) in [6.07, 6.45) is 6.61. The Kier molecular flexibility index (Phi) is 4.18. The fraction of sp³-hybridized carbons (Fsp3) is 0.875. The smallest absolute Gasteiger partial charge is 0.0968 e. The molecule has 2 nitrogen and oxygen atoms in total. The average Bonchev–Trinajstić information content (AvgIpc) is 2.65. The summed E-state index contributed by atoms with van der Waals surface area (Å²) in [6, 6.07) is 0. The summed E-state index contributed by atoms with van der Waals surface area (Å²) in [5.74, 6) is 0.556. The Balaban J connectivity index is 2.00. The predicted octanol–water partition coefficient (Wildman–Crippen LogP) is 4.09. The van der Waals surface area contributed by atoms with Gasteiger partial charge >= 0.3 is 0 Å². The van der Waals surface area contributed by atoms with Crippen LogP contribution in [0.25, 0.3) is 0 Å². The van der Waals surface area contributed by atoms with E-state index >= 15 is 0 Å². The highest BCUT2D eigenvalue weighted by molar-refractivity contribution is 5.01. The van der Waals surface area contributed by atoms with Crippen LogP contribution in [-0.4, -0.2) is 23.9 Å².